The molecule has 0 aromatic heterocycles. The number of Topliss-reactive ketones (excluding diaryl/α,β-unsaturated/α-hetero) is 1. The molecule has 0 saturated heterocycles. The Labute approximate surface area is 169 Å². The Balaban J connectivity index is 1.50. The summed E-state index contributed by atoms with van der Waals surface area (Å²) < 4.78 is 13.1. The Kier molecular flexibility index (Phi) is 5.26. The van der Waals surface area contributed by atoms with Crippen LogP contribution in [0.5, 0.6) is 0 Å². The third-order valence-electron chi connectivity index (χ3n) is 5.49. The van der Waals surface area contributed by atoms with Gasteiger partial charge in [-0.1, -0.05) is 36.4 Å². The number of fused-ring (bicyclic) bond motifs is 1. The fourth-order valence-corrected chi connectivity index (χ4v) is 3.88. The molecule has 3 aromatic carbocycles. The van der Waals surface area contributed by atoms with Crippen LogP contribution in [0.1, 0.15) is 57.7 Å². The van der Waals surface area contributed by atoms with Crippen molar-refractivity contribution in [2.45, 2.75) is 32.2 Å². The van der Waals surface area contributed by atoms with Crippen LogP contribution < -0.4 is 5.32 Å². The van der Waals surface area contributed by atoms with Crippen LogP contribution in [0, 0.1) is 5.82 Å². The van der Waals surface area contributed by atoms with Crippen LogP contribution in [-0.4, -0.2) is 11.7 Å². The molecule has 1 aliphatic carbocycles. The maximum atomic E-state index is 13.1. The van der Waals surface area contributed by atoms with Crippen molar-refractivity contribution in [1.29, 1.82) is 0 Å². The van der Waals surface area contributed by atoms with Gasteiger partial charge in [0.15, 0.2) is 5.78 Å². The summed E-state index contributed by atoms with van der Waals surface area (Å²) in [5.74, 6) is -0.336. The summed E-state index contributed by atoms with van der Waals surface area (Å²) in [5, 5.41) is 3.13. The first kappa shape index (κ1) is 19.1. The van der Waals surface area contributed by atoms with E-state index < -0.39 is 0 Å². The lowest BCUT2D eigenvalue weighted by Crippen LogP contribution is -2.31. The second-order valence-corrected chi connectivity index (χ2v) is 7.47. The first-order valence-corrected chi connectivity index (χ1v) is 9.82. The Morgan fingerprint density at radius 1 is 0.897 bits per heavy atom. The van der Waals surface area contributed by atoms with Crippen LogP contribution in [0.4, 0.5) is 4.39 Å². The molecule has 1 amide bonds. The van der Waals surface area contributed by atoms with Crippen LogP contribution in [-0.2, 0) is 6.42 Å². The Morgan fingerprint density at radius 2 is 1.52 bits per heavy atom. The highest BCUT2D eigenvalue weighted by Gasteiger charge is 2.23. The molecule has 29 heavy (non-hydrogen) atoms. The Hall–Kier alpha value is -3.27. The summed E-state index contributed by atoms with van der Waals surface area (Å²) in [6, 6.07) is 19.3. The maximum absolute atomic E-state index is 13.1. The van der Waals surface area contributed by atoms with Crippen molar-refractivity contribution >= 4 is 11.7 Å². The molecule has 0 radical (unpaired) electrons. The topological polar surface area (TPSA) is 46.2 Å². The first-order valence-electron chi connectivity index (χ1n) is 9.82. The van der Waals surface area contributed by atoms with Gasteiger partial charge in [-0.05, 0) is 78.8 Å². The molecule has 0 heterocycles. The van der Waals surface area contributed by atoms with E-state index in [1.165, 1.54) is 12.1 Å². The first-order chi connectivity index (χ1) is 14.0. The van der Waals surface area contributed by atoms with Crippen molar-refractivity contribution in [3.8, 4) is 11.1 Å². The quantitative estimate of drug-likeness (QED) is 0.601. The molecular formula is C25H22FNO2. The van der Waals surface area contributed by atoms with Crippen molar-refractivity contribution < 1.29 is 14.0 Å². The lowest BCUT2D eigenvalue weighted by molar-refractivity contribution is 0.0931. The molecule has 3 nitrogen and oxygen atoms in total. The molecule has 1 unspecified atom stereocenters. The number of halogens is 1. The molecule has 4 rings (SSSR count). The van der Waals surface area contributed by atoms with E-state index in [1.54, 1.807) is 31.2 Å². The minimum absolute atomic E-state index is 0.0518. The van der Waals surface area contributed by atoms with Crippen LogP contribution in [0.2, 0.25) is 0 Å². The second kappa shape index (κ2) is 8.00. The number of ketones is 1. The number of nitrogens with one attached hydrogen (secondary N) is 1. The van der Waals surface area contributed by atoms with E-state index in [1.807, 2.05) is 30.3 Å². The van der Waals surface area contributed by atoms with Gasteiger partial charge in [-0.25, -0.2) is 4.39 Å². The zero-order chi connectivity index (χ0) is 20.4. The van der Waals surface area contributed by atoms with Gasteiger partial charge in [0.05, 0.1) is 6.04 Å². The smallest absolute Gasteiger partial charge is 0.251 e. The normalized spacial score (nSPS) is 15.4. The van der Waals surface area contributed by atoms with E-state index in [0.29, 0.717) is 11.1 Å². The van der Waals surface area contributed by atoms with Crippen molar-refractivity contribution in [2.24, 2.45) is 0 Å². The number of aryl methyl sites for hydroxylation is 1. The van der Waals surface area contributed by atoms with Crippen molar-refractivity contribution in [2.75, 3.05) is 0 Å². The standard InChI is InChI=1S/C25H22FNO2/c1-16(28)20-11-14-23-21(15-20)3-2-4-24(23)27-25(29)19-7-5-17(6-8-19)18-9-12-22(26)13-10-18/h5-15,24H,2-4H2,1H3,(H,27,29). The number of carbonyl (C=O) groups excluding carboxylic acids is 2. The molecule has 1 aliphatic rings. The van der Waals surface area contributed by atoms with Crippen molar-refractivity contribution in [3.05, 3.63) is 94.8 Å². The van der Waals surface area contributed by atoms with Crippen LogP contribution in [0.15, 0.2) is 66.7 Å². The van der Waals surface area contributed by atoms with Gasteiger partial charge in [0.25, 0.3) is 5.91 Å². The summed E-state index contributed by atoms with van der Waals surface area (Å²) in [5.41, 5.74) is 5.37. The van der Waals surface area contributed by atoms with E-state index in [4.69, 9.17) is 0 Å². The fourth-order valence-electron chi connectivity index (χ4n) is 3.88. The van der Waals surface area contributed by atoms with Gasteiger partial charge in [-0.15, -0.1) is 0 Å². The molecule has 0 bridgehead atoms. The van der Waals surface area contributed by atoms with Gasteiger partial charge in [0, 0.05) is 11.1 Å². The Bertz CT molecular complexity index is 1060. The molecule has 1 N–H and O–H groups in total. The minimum atomic E-state index is -0.270. The highest BCUT2D eigenvalue weighted by molar-refractivity contribution is 5.95. The van der Waals surface area contributed by atoms with E-state index in [9.17, 15) is 14.0 Å². The maximum Gasteiger partial charge on any atom is 0.251 e. The van der Waals surface area contributed by atoms with Gasteiger partial charge in [0.1, 0.15) is 5.82 Å². The zero-order valence-corrected chi connectivity index (χ0v) is 16.2. The molecule has 0 fully saturated rings. The minimum Gasteiger partial charge on any atom is -0.345 e. The van der Waals surface area contributed by atoms with E-state index in [2.05, 4.69) is 5.32 Å². The van der Waals surface area contributed by atoms with Gasteiger partial charge in [-0.2, -0.15) is 0 Å². The van der Waals surface area contributed by atoms with Crippen LogP contribution >= 0.6 is 0 Å². The third-order valence-corrected chi connectivity index (χ3v) is 5.49. The van der Waals surface area contributed by atoms with E-state index >= 15 is 0 Å². The summed E-state index contributed by atoms with van der Waals surface area (Å²) in [6.07, 6.45) is 2.78. The predicted molar refractivity (Wildman–Crippen MR) is 111 cm³/mol. The highest BCUT2D eigenvalue weighted by Crippen LogP contribution is 2.31. The predicted octanol–water partition coefficient (Wildman–Crippen LogP) is 5.50. The van der Waals surface area contributed by atoms with Gasteiger partial charge in [0.2, 0.25) is 0 Å². The second-order valence-electron chi connectivity index (χ2n) is 7.47. The van der Waals surface area contributed by atoms with Crippen LogP contribution in [0.3, 0.4) is 0 Å². The molecular weight excluding hydrogens is 365 g/mol. The number of hydrogen-bond acceptors (Lipinski definition) is 2. The van der Waals surface area contributed by atoms with E-state index in [-0.39, 0.29) is 23.5 Å². The lowest BCUT2D eigenvalue weighted by Gasteiger charge is -2.27. The van der Waals surface area contributed by atoms with Crippen molar-refractivity contribution in [3.63, 3.8) is 0 Å². The monoisotopic (exact) mass is 387 g/mol. The number of hydrogen-bond donors (Lipinski definition) is 1. The molecule has 4 heteroatoms. The molecule has 0 saturated carbocycles. The largest absolute Gasteiger partial charge is 0.345 e. The van der Waals surface area contributed by atoms with Gasteiger partial charge >= 0.3 is 0 Å². The zero-order valence-electron chi connectivity index (χ0n) is 16.2. The molecule has 0 aliphatic heterocycles. The lowest BCUT2D eigenvalue weighted by atomic mass is 9.86. The average molecular weight is 387 g/mol. The fraction of sp³-hybridized carbons (Fsp3) is 0.200. The average Bonchev–Trinajstić information content (AvgIpc) is 2.74. The molecule has 1 atom stereocenters. The third kappa shape index (κ3) is 4.11. The number of amides is 1. The summed E-state index contributed by atoms with van der Waals surface area (Å²) in [6.45, 7) is 1.57. The van der Waals surface area contributed by atoms with Gasteiger partial charge in [-0.3, -0.25) is 9.59 Å². The summed E-state index contributed by atoms with van der Waals surface area (Å²) in [4.78, 5) is 24.4. The van der Waals surface area contributed by atoms with Gasteiger partial charge < -0.3 is 5.32 Å². The number of carbonyl (C=O) groups is 2. The molecule has 146 valence electrons. The summed E-state index contributed by atoms with van der Waals surface area (Å²) >= 11 is 0. The van der Waals surface area contributed by atoms with Crippen LogP contribution in [0.25, 0.3) is 11.1 Å². The summed E-state index contributed by atoms with van der Waals surface area (Å²) in [7, 11) is 0. The number of benzene rings is 3. The Morgan fingerprint density at radius 3 is 2.17 bits per heavy atom. The molecule has 3 aromatic rings. The highest BCUT2D eigenvalue weighted by atomic mass is 19.1. The SMILES string of the molecule is CC(=O)c1ccc2c(c1)CCCC2NC(=O)c1ccc(-c2ccc(F)cc2)cc1. The van der Waals surface area contributed by atoms with Crippen molar-refractivity contribution in [1.82, 2.24) is 5.32 Å². The van der Waals surface area contributed by atoms with E-state index in [0.717, 1.165) is 41.5 Å². The molecule has 0 spiro atoms. The number of rotatable bonds is 4.